The van der Waals surface area contributed by atoms with E-state index in [4.69, 9.17) is 11.6 Å². The molecule has 78 valence electrons. The number of hydrogen-bond acceptors (Lipinski definition) is 2. The molecule has 1 fully saturated rings. The summed E-state index contributed by atoms with van der Waals surface area (Å²) in [5.74, 6) is -0.473. The molecule has 0 atom stereocenters. The number of carbonyl (C=O) groups excluding carboxylic acids is 1. The van der Waals surface area contributed by atoms with Crippen LogP contribution in [-0.2, 0) is 10.3 Å². The average molecular weight is 226 g/mol. The lowest BCUT2D eigenvalue weighted by atomic mass is 10.0. The summed E-state index contributed by atoms with van der Waals surface area (Å²) in [6.45, 7) is 1.83. The summed E-state index contributed by atoms with van der Waals surface area (Å²) in [5.41, 5.74) is 0.584. The van der Waals surface area contributed by atoms with Crippen molar-refractivity contribution in [1.29, 1.82) is 0 Å². The van der Waals surface area contributed by atoms with Crippen molar-refractivity contribution in [2.75, 3.05) is 0 Å². The van der Waals surface area contributed by atoms with Gasteiger partial charge in [0.25, 0.3) is 0 Å². The van der Waals surface area contributed by atoms with Gasteiger partial charge < -0.3 is 0 Å². The molecule has 0 N–H and O–H groups in total. The minimum absolute atomic E-state index is 0.0809. The molecule has 0 heterocycles. The van der Waals surface area contributed by atoms with E-state index in [9.17, 15) is 9.18 Å². The number of benzene rings is 1. The molecule has 15 heavy (non-hydrogen) atoms. The predicted molar refractivity (Wildman–Crippen MR) is 55.2 cm³/mol. The molecule has 0 aliphatic heterocycles. The number of rotatable bonds is 2. The van der Waals surface area contributed by atoms with Crippen LogP contribution in [0.2, 0.25) is 5.02 Å². The molecular weight excluding hydrogens is 217 g/mol. The van der Waals surface area contributed by atoms with Crippen molar-refractivity contribution in [3.05, 3.63) is 34.1 Å². The summed E-state index contributed by atoms with van der Waals surface area (Å²) in [5, 5.41) is 0.0809. The molecule has 0 saturated heterocycles. The van der Waals surface area contributed by atoms with E-state index < -0.39 is 11.4 Å². The SMILES string of the molecule is Cc1cc(Cl)c(F)c(C2(N=C=O)CC2)c1. The number of halogens is 2. The smallest absolute Gasteiger partial charge is 0.211 e. The lowest BCUT2D eigenvalue weighted by Gasteiger charge is -2.11. The zero-order valence-corrected chi connectivity index (χ0v) is 8.94. The molecule has 1 aliphatic rings. The summed E-state index contributed by atoms with van der Waals surface area (Å²) in [6.07, 6.45) is 2.86. The molecule has 2 rings (SSSR count). The maximum absolute atomic E-state index is 13.7. The van der Waals surface area contributed by atoms with Crippen molar-refractivity contribution in [1.82, 2.24) is 0 Å². The highest BCUT2D eigenvalue weighted by Gasteiger charge is 2.47. The Labute approximate surface area is 91.8 Å². The molecule has 0 aromatic heterocycles. The Bertz CT molecular complexity index is 462. The normalized spacial score (nSPS) is 17.0. The molecule has 0 radical (unpaired) electrons. The van der Waals surface area contributed by atoms with Crippen LogP contribution in [0.3, 0.4) is 0 Å². The van der Waals surface area contributed by atoms with Crippen molar-refractivity contribution < 1.29 is 9.18 Å². The molecule has 1 aromatic carbocycles. The monoisotopic (exact) mass is 225 g/mol. The van der Waals surface area contributed by atoms with Crippen LogP contribution in [0, 0.1) is 12.7 Å². The lowest BCUT2D eigenvalue weighted by molar-refractivity contribution is 0.547. The van der Waals surface area contributed by atoms with E-state index in [0.717, 1.165) is 5.56 Å². The van der Waals surface area contributed by atoms with Gasteiger partial charge in [0.2, 0.25) is 6.08 Å². The molecule has 0 unspecified atom stereocenters. The molecule has 0 bridgehead atoms. The first-order valence-electron chi connectivity index (χ1n) is 4.64. The fourth-order valence-corrected chi connectivity index (χ4v) is 1.98. The van der Waals surface area contributed by atoms with Crippen molar-refractivity contribution in [2.45, 2.75) is 25.3 Å². The maximum Gasteiger partial charge on any atom is 0.235 e. The first-order valence-corrected chi connectivity index (χ1v) is 5.02. The molecule has 0 amide bonds. The van der Waals surface area contributed by atoms with Crippen molar-refractivity contribution >= 4 is 17.7 Å². The van der Waals surface area contributed by atoms with Crippen LogP contribution in [0.25, 0.3) is 0 Å². The van der Waals surface area contributed by atoms with E-state index >= 15 is 0 Å². The van der Waals surface area contributed by atoms with Crippen LogP contribution in [-0.4, -0.2) is 6.08 Å². The van der Waals surface area contributed by atoms with Crippen LogP contribution in [0.15, 0.2) is 17.1 Å². The molecule has 1 aliphatic carbocycles. The third-order valence-electron chi connectivity index (χ3n) is 2.66. The number of nitrogens with zero attached hydrogens (tertiary/aromatic N) is 1. The third kappa shape index (κ3) is 1.69. The summed E-state index contributed by atoms with van der Waals surface area (Å²) < 4.78 is 13.7. The van der Waals surface area contributed by atoms with Gasteiger partial charge in [-0.3, -0.25) is 0 Å². The maximum atomic E-state index is 13.7. The number of isocyanates is 1. The molecule has 2 nitrogen and oxygen atoms in total. The zero-order valence-electron chi connectivity index (χ0n) is 8.18. The van der Waals surface area contributed by atoms with Crippen LogP contribution in [0.5, 0.6) is 0 Å². The van der Waals surface area contributed by atoms with Gasteiger partial charge in [-0.05, 0) is 31.4 Å². The Hall–Kier alpha value is -1.18. The highest BCUT2D eigenvalue weighted by atomic mass is 35.5. The van der Waals surface area contributed by atoms with Crippen molar-refractivity contribution in [3.8, 4) is 0 Å². The van der Waals surface area contributed by atoms with Crippen molar-refractivity contribution in [3.63, 3.8) is 0 Å². The van der Waals surface area contributed by atoms with Gasteiger partial charge in [0.1, 0.15) is 11.4 Å². The minimum atomic E-state index is -0.693. The Balaban J connectivity index is 2.57. The van der Waals surface area contributed by atoms with Crippen molar-refractivity contribution in [2.24, 2.45) is 4.99 Å². The van der Waals surface area contributed by atoms with Gasteiger partial charge in [0, 0.05) is 5.56 Å². The van der Waals surface area contributed by atoms with Crippen LogP contribution in [0.1, 0.15) is 24.0 Å². The van der Waals surface area contributed by atoms with Gasteiger partial charge in [0.15, 0.2) is 0 Å². The molecule has 1 aromatic rings. The Morgan fingerprint density at radius 1 is 1.53 bits per heavy atom. The minimum Gasteiger partial charge on any atom is -0.211 e. The molecule has 0 spiro atoms. The summed E-state index contributed by atoms with van der Waals surface area (Å²) >= 11 is 5.74. The number of aryl methyl sites for hydroxylation is 1. The highest BCUT2D eigenvalue weighted by molar-refractivity contribution is 6.30. The van der Waals surface area contributed by atoms with Crippen LogP contribution < -0.4 is 0 Å². The van der Waals surface area contributed by atoms with Gasteiger partial charge in [-0.15, -0.1) is 0 Å². The van der Waals surface area contributed by atoms with Gasteiger partial charge in [-0.2, -0.15) is 4.99 Å². The second kappa shape index (κ2) is 3.44. The standard InChI is InChI=1S/C11H9ClFNO/c1-7-4-8(10(13)9(12)5-7)11(2-3-11)14-6-15/h4-5H,2-3H2,1H3. The van der Waals surface area contributed by atoms with Gasteiger partial charge in [-0.25, -0.2) is 9.18 Å². The third-order valence-corrected chi connectivity index (χ3v) is 2.93. The first-order chi connectivity index (χ1) is 7.09. The van der Waals surface area contributed by atoms with E-state index in [0.29, 0.717) is 18.4 Å². The Morgan fingerprint density at radius 3 is 2.73 bits per heavy atom. The second-order valence-corrected chi connectivity index (χ2v) is 4.25. The van der Waals surface area contributed by atoms with Crippen LogP contribution >= 0.6 is 11.6 Å². The van der Waals surface area contributed by atoms with E-state index in [2.05, 4.69) is 4.99 Å². The largest absolute Gasteiger partial charge is 0.235 e. The van der Waals surface area contributed by atoms with Crippen LogP contribution in [0.4, 0.5) is 4.39 Å². The lowest BCUT2D eigenvalue weighted by Crippen LogP contribution is -2.06. The fraction of sp³-hybridized carbons (Fsp3) is 0.364. The number of hydrogen-bond donors (Lipinski definition) is 0. The van der Waals surface area contributed by atoms with E-state index in [1.54, 1.807) is 12.1 Å². The first kappa shape index (κ1) is 10.3. The summed E-state index contributed by atoms with van der Waals surface area (Å²) in [7, 11) is 0. The summed E-state index contributed by atoms with van der Waals surface area (Å²) in [4.78, 5) is 13.9. The molecule has 4 heteroatoms. The predicted octanol–water partition coefficient (Wildman–Crippen LogP) is 3.11. The van der Waals surface area contributed by atoms with Gasteiger partial charge in [0.05, 0.1) is 5.02 Å². The van der Waals surface area contributed by atoms with Gasteiger partial charge >= 0.3 is 0 Å². The van der Waals surface area contributed by atoms with E-state index in [1.807, 2.05) is 6.92 Å². The topological polar surface area (TPSA) is 29.4 Å². The second-order valence-electron chi connectivity index (χ2n) is 3.84. The summed E-state index contributed by atoms with van der Waals surface area (Å²) in [6, 6.07) is 3.25. The average Bonchev–Trinajstić information content (AvgIpc) is 2.93. The zero-order chi connectivity index (χ0) is 11.1. The fourth-order valence-electron chi connectivity index (χ4n) is 1.71. The van der Waals surface area contributed by atoms with Gasteiger partial charge in [-0.1, -0.05) is 17.7 Å². The Kier molecular flexibility index (Phi) is 2.37. The highest BCUT2D eigenvalue weighted by Crippen LogP contribution is 2.50. The quantitative estimate of drug-likeness (QED) is 0.562. The molecular formula is C11H9ClFNO. The molecule has 1 saturated carbocycles. The van der Waals surface area contributed by atoms with E-state index in [-0.39, 0.29) is 5.02 Å². The number of aliphatic imine (C=N–C) groups is 1. The Morgan fingerprint density at radius 2 is 2.20 bits per heavy atom. The van der Waals surface area contributed by atoms with E-state index in [1.165, 1.54) is 6.08 Å².